The Morgan fingerprint density at radius 2 is 2.06 bits per heavy atom. The van der Waals surface area contributed by atoms with Crippen molar-refractivity contribution in [2.45, 2.75) is 30.5 Å². The van der Waals surface area contributed by atoms with E-state index in [0.29, 0.717) is 23.9 Å². The Morgan fingerprint density at radius 1 is 1.25 bits per heavy atom. The molecule has 0 radical (unpaired) electrons. The first-order chi connectivity index (χ1) is 15.5. The first-order valence-corrected chi connectivity index (χ1v) is 12.1. The van der Waals surface area contributed by atoms with Gasteiger partial charge < -0.3 is 4.74 Å². The predicted octanol–water partition coefficient (Wildman–Crippen LogP) is 6.81. The summed E-state index contributed by atoms with van der Waals surface area (Å²) in [6, 6.07) is 14.1. The molecule has 0 N–H and O–H groups in total. The van der Waals surface area contributed by atoms with Crippen LogP contribution in [-0.2, 0) is 12.3 Å². The number of allylic oxidation sites excluding steroid dienone is 1. The number of benzene rings is 2. The molecule has 32 heavy (non-hydrogen) atoms. The third kappa shape index (κ3) is 5.20. The first kappa shape index (κ1) is 22.5. The van der Waals surface area contributed by atoms with E-state index in [1.54, 1.807) is 29.2 Å². The van der Waals surface area contributed by atoms with Crippen molar-refractivity contribution < 1.29 is 9.13 Å². The van der Waals surface area contributed by atoms with Crippen molar-refractivity contribution in [1.29, 1.82) is 0 Å². The quantitative estimate of drug-likeness (QED) is 0.192. The zero-order valence-electron chi connectivity index (χ0n) is 17.2. The molecule has 164 valence electrons. The predicted molar refractivity (Wildman–Crippen MR) is 128 cm³/mol. The standard InChI is InChI=1S/C23H20ClFN4OS2/c1-3-11-29-21(15(2)30-20-10-9-17(25)12-19(20)24)27-28-23(29)32-14-18-13-31-22(26-18)16-7-5-4-6-8-16/h3-10,12-13,15H,1,11,14H2,2H3. The van der Waals surface area contributed by atoms with Crippen LogP contribution in [0.4, 0.5) is 4.39 Å². The summed E-state index contributed by atoms with van der Waals surface area (Å²) in [6.07, 6.45) is 1.34. The molecule has 9 heteroatoms. The fraction of sp³-hybridized carbons (Fsp3) is 0.174. The highest BCUT2D eigenvalue weighted by atomic mass is 35.5. The Morgan fingerprint density at radius 3 is 2.81 bits per heavy atom. The van der Waals surface area contributed by atoms with Crippen LogP contribution in [0.2, 0.25) is 5.02 Å². The zero-order valence-corrected chi connectivity index (χ0v) is 19.6. The van der Waals surface area contributed by atoms with Crippen LogP contribution in [0.5, 0.6) is 5.75 Å². The van der Waals surface area contributed by atoms with E-state index < -0.39 is 11.9 Å². The average Bonchev–Trinajstić information content (AvgIpc) is 3.42. The number of hydrogen-bond acceptors (Lipinski definition) is 6. The summed E-state index contributed by atoms with van der Waals surface area (Å²) in [4.78, 5) is 4.74. The minimum Gasteiger partial charge on any atom is -0.481 e. The number of halogens is 2. The number of thiazole rings is 1. The molecule has 0 saturated heterocycles. The lowest BCUT2D eigenvalue weighted by Crippen LogP contribution is -2.12. The molecule has 0 bridgehead atoms. The van der Waals surface area contributed by atoms with Crippen molar-refractivity contribution in [2.24, 2.45) is 0 Å². The Labute approximate surface area is 198 Å². The molecule has 0 fully saturated rings. The van der Waals surface area contributed by atoms with E-state index in [1.165, 1.54) is 18.2 Å². The molecule has 5 nitrogen and oxygen atoms in total. The molecule has 2 aromatic heterocycles. The van der Waals surface area contributed by atoms with Gasteiger partial charge in [0, 0.05) is 23.2 Å². The third-order valence-corrected chi connectivity index (χ3v) is 6.78. The second-order valence-electron chi connectivity index (χ2n) is 6.87. The minimum atomic E-state index is -0.441. The van der Waals surface area contributed by atoms with Gasteiger partial charge in [-0.3, -0.25) is 4.57 Å². The van der Waals surface area contributed by atoms with Crippen LogP contribution in [-0.4, -0.2) is 19.7 Å². The maximum atomic E-state index is 13.3. The molecule has 0 aliphatic carbocycles. The van der Waals surface area contributed by atoms with E-state index in [4.69, 9.17) is 21.3 Å². The van der Waals surface area contributed by atoms with Gasteiger partial charge in [-0.25, -0.2) is 9.37 Å². The van der Waals surface area contributed by atoms with E-state index in [2.05, 4.69) is 34.3 Å². The van der Waals surface area contributed by atoms with Gasteiger partial charge in [0.05, 0.1) is 10.7 Å². The lowest BCUT2D eigenvalue weighted by molar-refractivity contribution is 0.210. The summed E-state index contributed by atoms with van der Waals surface area (Å²) in [7, 11) is 0. The normalized spacial score (nSPS) is 12.0. The van der Waals surface area contributed by atoms with Crippen molar-refractivity contribution in [2.75, 3.05) is 0 Å². The van der Waals surface area contributed by atoms with E-state index in [1.807, 2.05) is 29.7 Å². The van der Waals surface area contributed by atoms with Crippen LogP contribution in [0.1, 0.15) is 24.5 Å². The molecular weight excluding hydrogens is 467 g/mol. The zero-order chi connectivity index (χ0) is 22.5. The van der Waals surface area contributed by atoms with Crippen molar-refractivity contribution >= 4 is 34.7 Å². The van der Waals surface area contributed by atoms with Crippen molar-refractivity contribution in [1.82, 2.24) is 19.7 Å². The molecule has 2 heterocycles. The van der Waals surface area contributed by atoms with Crippen LogP contribution in [0.15, 0.2) is 71.7 Å². The highest BCUT2D eigenvalue weighted by Gasteiger charge is 2.20. The molecular formula is C23H20ClFN4OS2. The molecule has 0 aliphatic rings. The summed E-state index contributed by atoms with van der Waals surface area (Å²) in [5.74, 6) is 1.27. The van der Waals surface area contributed by atoms with Gasteiger partial charge in [0.1, 0.15) is 16.6 Å². The largest absolute Gasteiger partial charge is 0.481 e. The first-order valence-electron chi connectivity index (χ1n) is 9.83. The highest BCUT2D eigenvalue weighted by Crippen LogP contribution is 2.31. The van der Waals surface area contributed by atoms with Crippen molar-refractivity contribution in [3.05, 3.63) is 88.9 Å². The third-order valence-electron chi connectivity index (χ3n) is 4.54. The van der Waals surface area contributed by atoms with E-state index in [-0.39, 0.29) is 5.02 Å². The SMILES string of the molecule is C=CCn1c(SCc2csc(-c3ccccc3)n2)nnc1C(C)Oc1ccc(F)cc1Cl. The molecule has 1 atom stereocenters. The average molecular weight is 487 g/mol. The fourth-order valence-electron chi connectivity index (χ4n) is 3.05. The van der Waals surface area contributed by atoms with Crippen LogP contribution < -0.4 is 4.74 Å². The number of rotatable bonds is 9. The Balaban J connectivity index is 1.48. The molecule has 4 aromatic rings. The van der Waals surface area contributed by atoms with Crippen molar-refractivity contribution in [3.8, 4) is 16.3 Å². The lowest BCUT2D eigenvalue weighted by atomic mass is 10.2. The van der Waals surface area contributed by atoms with Gasteiger partial charge in [0.2, 0.25) is 0 Å². The molecule has 1 unspecified atom stereocenters. The number of aromatic nitrogens is 4. The molecule has 4 rings (SSSR count). The molecule has 0 amide bonds. The van der Waals surface area contributed by atoms with E-state index >= 15 is 0 Å². The summed E-state index contributed by atoms with van der Waals surface area (Å²) in [6.45, 7) is 6.22. The van der Waals surface area contributed by atoms with Gasteiger partial charge in [-0.05, 0) is 25.1 Å². The molecule has 0 spiro atoms. The Hall–Kier alpha value is -2.68. The smallest absolute Gasteiger partial charge is 0.192 e. The number of thioether (sulfide) groups is 1. The number of ether oxygens (including phenoxy) is 1. The summed E-state index contributed by atoms with van der Waals surface area (Å²) < 4.78 is 21.2. The Kier molecular flexibility index (Phi) is 7.24. The van der Waals surface area contributed by atoms with Crippen LogP contribution in [0.3, 0.4) is 0 Å². The minimum absolute atomic E-state index is 0.207. The molecule has 0 aliphatic heterocycles. The van der Waals surface area contributed by atoms with Gasteiger partial charge in [-0.15, -0.1) is 28.1 Å². The second-order valence-corrected chi connectivity index (χ2v) is 9.08. The van der Waals surface area contributed by atoms with Gasteiger partial charge in [-0.2, -0.15) is 0 Å². The molecule has 2 aromatic carbocycles. The van der Waals surface area contributed by atoms with Crippen LogP contribution in [0.25, 0.3) is 10.6 Å². The monoisotopic (exact) mass is 486 g/mol. The van der Waals surface area contributed by atoms with Gasteiger partial charge in [0.25, 0.3) is 0 Å². The van der Waals surface area contributed by atoms with Gasteiger partial charge in [-0.1, -0.05) is 59.8 Å². The van der Waals surface area contributed by atoms with Crippen LogP contribution in [0, 0.1) is 5.82 Å². The number of nitrogens with zero attached hydrogens (tertiary/aromatic N) is 4. The Bertz CT molecular complexity index is 1210. The lowest BCUT2D eigenvalue weighted by Gasteiger charge is -2.16. The summed E-state index contributed by atoms with van der Waals surface area (Å²) >= 11 is 9.27. The summed E-state index contributed by atoms with van der Waals surface area (Å²) in [5.41, 5.74) is 2.09. The van der Waals surface area contributed by atoms with Gasteiger partial charge in [0.15, 0.2) is 17.1 Å². The summed E-state index contributed by atoms with van der Waals surface area (Å²) in [5, 5.41) is 12.7. The maximum absolute atomic E-state index is 13.3. The van der Waals surface area contributed by atoms with Crippen molar-refractivity contribution in [3.63, 3.8) is 0 Å². The van der Waals surface area contributed by atoms with E-state index in [0.717, 1.165) is 21.4 Å². The van der Waals surface area contributed by atoms with E-state index in [9.17, 15) is 4.39 Å². The molecule has 0 saturated carbocycles. The van der Waals surface area contributed by atoms with Gasteiger partial charge >= 0.3 is 0 Å². The van der Waals surface area contributed by atoms with Crippen LogP contribution >= 0.6 is 34.7 Å². The second kappa shape index (κ2) is 10.3. The maximum Gasteiger partial charge on any atom is 0.192 e. The number of hydrogen-bond donors (Lipinski definition) is 0. The highest BCUT2D eigenvalue weighted by molar-refractivity contribution is 7.98. The fourth-order valence-corrected chi connectivity index (χ4v) is 5.04. The topological polar surface area (TPSA) is 52.8 Å².